The molecule has 31 heavy (non-hydrogen) atoms. The van der Waals surface area contributed by atoms with Crippen molar-refractivity contribution in [1.82, 2.24) is 5.32 Å². The quantitative estimate of drug-likeness (QED) is 0.283. The number of hydrogen-bond acceptors (Lipinski definition) is 3. The van der Waals surface area contributed by atoms with Gasteiger partial charge in [0.05, 0.1) is 11.6 Å². The first-order valence-corrected chi connectivity index (χ1v) is 11.5. The van der Waals surface area contributed by atoms with Crippen LogP contribution in [0.1, 0.15) is 23.6 Å². The molecule has 0 aliphatic rings. The minimum atomic E-state index is -0.376. The van der Waals surface area contributed by atoms with E-state index in [1.807, 2.05) is 43.3 Å². The summed E-state index contributed by atoms with van der Waals surface area (Å²) in [7, 11) is 0. The van der Waals surface area contributed by atoms with Crippen molar-refractivity contribution in [2.45, 2.75) is 26.5 Å². The molecule has 0 fully saturated rings. The monoisotopic (exact) mass is 525 g/mol. The Morgan fingerprint density at radius 3 is 2.39 bits per heavy atom. The van der Waals surface area contributed by atoms with Gasteiger partial charge in [-0.1, -0.05) is 57.3 Å². The van der Waals surface area contributed by atoms with E-state index in [1.54, 1.807) is 6.07 Å². The molecule has 0 aromatic heterocycles. The second kappa shape index (κ2) is 11.7. The molecule has 164 valence electrons. The van der Waals surface area contributed by atoms with Gasteiger partial charge in [0.25, 0.3) is 0 Å². The molecule has 0 aliphatic carbocycles. The fraction of sp³-hybridized carbons (Fsp3) is 0.250. The van der Waals surface area contributed by atoms with Crippen LogP contribution in [0.3, 0.4) is 0 Å². The fourth-order valence-corrected chi connectivity index (χ4v) is 3.81. The third-order valence-electron chi connectivity index (χ3n) is 4.63. The topological polar surface area (TPSA) is 30.5 Å². The molecular weight excluding hydrogens is 504 g/mol. The number of hydrogen-bond donors (Lipinski definition) is 1. The summed E-state index contributed by atoms with van der Waals surface area (Å²) in [4.78, 5) is 0. The van der Waals surface area contributed by atoms with Gasteiger partial charge in [-0.3, -0.25) is 0 Å². The van der Waals surface area contributed by atoms with Crippen molar-refractivity contribution < 1.29 is 13.9 Å². The Morgan fingerprint density at radius 2 is 1.68 bits per heavy atom. The van der Waals surface area contributed by atoms with E-state index in [0.717, 1.165) is 28.0 Å². The van der Waals surface area contributed by atoms with Crippen molar-refractivity contribution >= 4 is 39.1 Å². The highest BCUT2D eigenvalue weighted by Crippen LogP contribution is 2.35. The summed E-state index contributed by atoms with van der Waals surface area (Å²) in [5.41, 5.74) is 3.00. The fourth-order valence-electron chi connectivity index (χ4n) is 2.99. The van der Waals surface area contributed by atoms with Crippen molar-refractivity contribution in [1.29, 1.82) is 0 Å². The zero-order chi connectivity index (χ0) is 22.2. The molecule has 3 aromatic carbocycles. The van der Waals surface area contributed by atoms with Gasteiger partial charge >= 0.3 is 0 Å². The number of nitrogens with one attached hydrogen (secondary N) is 1. The van der Waals surface area contributed by atoms with Crippen LogP contribution in [0.15, 0.2) is 59.1 Å². The summed E-state index contributed by atoms with van der Waals surface area (Å²) in [5, 5.41) is 4.53. The summed E-state index contributed by atoms with van der Waals surface area (Å²) in [6, 6.07) is 16.0. The average molecular weight is 527 g/mol. The van der Waals surface area contributed by atoms with Crippen molar-refractivity contribution in [3.8, 4) is 11.5 Å². The van der Waals surface area contributed by atoms with Gasteiger partial charge in [-0.25, -0.2) is 4.39 Å². The predicted molar refractivity (Wildman–Crippen MR) is 128 cm³/mol. The molecule has 0 amide bonds. The molecule has 0 heterocycles. The zero-order valence-corrected chi connectivity index (χ0v) is 20.2. The van der Waals surface area contributed by atoms with Crippen LogP contribution in [-0.4, -0.2) is 13.2 Å². The SMILES string of the molecule is CCOc1cc(CNCCc2ccc(Cl)cc2)c(Br)cc1OCc1ccc(F)cc1Cl. The molecule has 0 unspecified atom stereocenters. The number of rotatable bonds is 10. The Balaban J connectivity index is 1.62. The molecule has 0 aliphatic heterocycles. The van der Waals surface area contributed by atoms with Gasteiger partial charge in [0, 0.05) is 21.6 Å². The average Bonchev–Trinajstić information content (AvgIpc) is 2.74. The minimum absolute atomic E-state index is 0.213. The third-order valence-corrected chi connectivity index (χ3v) is 5.97. The van der Waals surface area contributed by atoms with E-state index in [-0.39, 0.29) is 12.4 Å². The van der Waals surface area contributed by atoms with Gasteiger partial charge in [0.15, 0.2) is 11.5 Å². The van der Waals surface area contributed by atoms with Crippen molar-refractivity contribution in [2.24, 2.45) is 0 Å². The smallest absolute Gasteiger partial charge is 0.162 e. The zero-order valence-electron chi connectivity index (χ0n) is 17.1. The maximum atomic E-state index is 13.2. The Morgan fingerprint density at radius 1 is 0.935 bits per heavy atom. The number of benzene rings is 3. The van der Waals surface area contributed by atoms with E-state index in [1.165, 1.54) is 17.7 Å². The first kappa shape index (κ1) is 23.9. The Kier molecular flexibility index (Phi) is 9.02. The van der Waals surface area contributed by atoms with Crippen LogP contribution < -0.4 is 14.8 Å². The standard InChI is InChI=1S/C24H23BrCl2FNO2/c1-2-30-23-11-18(14-29-10-9-16-3-6-19(26)7-4-16)21(25)13-24(23)31-15-17-5-8-20(28)12-22(17)27/h3-8,11-13,29H,2,9-10,14-15H2,1H3. The second-order valence-electron chi connectivity index (χ2n) is 6.90. The number of ether oxygens (including phenoxy) is 2. The molecule has 0 saturated carbocycles. The molecule has 3 aromatic rings. The summed E-state index contributed by atoms with van der Waals surface area (Å²) in [6.07, 6.45) is 0.909. The lowest BCUT2D eigenvalue weighted by Crippen LogP contribution is -2.17. The highest BCUT2D eigenvalue weighted by molar-refractivity contribution is 9.10. The van der Waals surface area contributed by atoms with Crippen LogP contribution in [0.2, 0.25) is 10.0 Å². The maximum absolute atomic E-state index is 13.2. The minimum Gasteiger partial charge on any atom is -0.490 e. The molecular formula is C24H23BrCl2FNO2. The second-order valence-corrected chi connectivity index (χ2v) is 8.60. The molecule has 3 nitrogen and oxygen atoms in total. The van der Waals surface area contributed by atoms with Crippen LogP contribution in [0, 0.1) is 5.82 Å². The summed E-state index contributed by atoms with van der Waals surface area (Å²) in [6.45, 7) is 4.16. The maximum Gasteiger partial charge on any atom is 0.162 e. The highest BCUT2D eigenvalue weighted by Gasteiger charge is 2.12. The van der Waals surface area contributed by atoms with Crippen LogP contribution in [-0.2, 0) is 19.6 Å². The summed E-state index contributed by atoms with van der Waals surface area (Å²) < 4.78 is 25.9. The Bertz CT molecular complexity index is 1020. The molecule has 0 saturated heterocycles. The molecule has 7 heteroatoms. The number of halogens is 4. The van der Waals surface area contributed by atoms with Gasteiger partial charge in [-0.05, 0) is 67.4 Å². The normalized spacial score (nSPS) is 10.9. The Hall–Kier alpha value is -1.79. The Labute approximate surface area is 200 Å². The molecule has 0 spiro atoms. The van der Waals surface area contributed by atoms with E-state index in [0.29, 0.717) is 35.2 Å². The molecule has 1 N–H and O–H groups in total. The van der Waals surface area contributed by atoms with Crippen molar-refractivity contribution in [2.75, 3.05) is 13.2 Å². The van der Waals surface area contributed by atoms with Crippen LogP contribution in [0.4, 0.5) is 4.39 Å². The first-order chi connectivity index (χ1) is 15.0. The molecule has 0 radical (unpaired) electrons. The lowest BCUT2D eigenvalue weighted by Gasteiger charge is -2.16. The lowest BCUT2D eigenvalue weighted by molar-refractivity contribution is 0.269. The van der Waals surface area contributed by atoms with Gasteiger partial charge < -0.3 is 14.8 Å². The van der Waals surface area contributed by atoms with E-state index < -0.39 is 0 Å². The van der Waals surface area contributed by atoms with E-state index >= 15 is 0 Å². The van der Waals surface area contributed by atoms with Crippen LogP contribution in [0.25, 0.3) is 0 Å². The van der Waals surface area contributed by atoms with E-state index in [4.69, 9.17) is 32.7 Å². The van der Waals surface area contributed by atoms with Crippen LogP contribution >= 0.6 is 39.1 Å². The van der Waals surface area contributed by atoms with Gasteiger partial charge in [-0.15, -0.1) is 0 Å². The third kappa shape index (κ3) is 7.11. The largest absolute Gasteiger partial charge is 0.490 e. The van der Waals surface area contributed by atoms with E-state index in [2.05, 4.69) is 21.2 Å². The van der Waals surface area contributed by atoms with Gasteiger partial charge in [0.2, 0.25) is 0 Å². The van der Waals surface area contributed by atoms with Crippen molar-refractivity contribution in [3.05, 3.63) is 91.6 Å². The summed E-state index contributed by atoms with van der Waals surface area (Å²) in [5.74, 6) is 0.872. The van der Waals surface area contributed by atoms with E-state index in [9.17, 15) is 4.39 Å². The van der Waals surface area contributed by atoms with Crippen molar-refractivity contribution in [3.63, 3.8) is 0 Å². The summed E-state index contributed by atoms with van der Waals surface area (Å²) >= 11 is 15.7. The predicted octanol–water partition coefficient (Wildman–Crippen LogP) is 7.21. The van der Waals surface area contributed by atoms with Gasteiger partial charge in [-0.2, -0.15) is 0 Å². The molecule has 3 rings (SSSR count). The first-order valence-electron chi connectivity index (χ1n) is 9.93. The van der Waals surface area contributed by atoms with Crippen LogP contribution in [0.5, 0.6) is 11.5 Å². The highest BCUT2D eigenvalue weighted by atomic mass is 79.9. The lowest BCUT2D eigenvalue weighted by atomic mass is 10.1. The molecule has 0 bridgehead atoms. The molecule has 0 atom stereocenters. The van der Waals surface area contributed by atoms with Gasteiger partial charge in [0.1, 0.15) is 12.4 Å².